The van der Waals surface area contributed by atoms with Gasteiger partial charge in [-0.25, -0.2) is 0 Å². The van der Waals surface area contributed by atoms with E-state index in [1.54, 1.807) is 19.1 Å². The summed E-state index contributed by atoms with van der Waals surface area (Å²) in [5.41, 5.74) is -1.63. The Kier molecular flexibility index (Phi) is 13.0. The van der Waals surface area contributed by atoms with E-state index in [1.165, 1.54) is 0 Å². The molecule has 5 rings (SSSR count). The normalized spacial score (nSPS) is 46.2. The summed E-state index contributed by atoms with van der Waals surface area (Å²) in [6.07, 6.45) is 5.51. The highest BCUT2D eigenvalue weighted by molar-refractivity contribution is 5.84. The third-order valence-electron chi connectivity index (χ3n) is 14.4. The highest BCUT2D eigenvalue weighted by Crippen LogP contribution is 2.54. The van der Waals surface area contributed by atoms with E-state index in [4.69, 9.17) is 23.7 Å². The van der Waals surface area contributed by atoms with Gasteiger partial charge in [-0.3, -0.25) is 9.59 Å². The first kappa shape index (κ1) is 42.7. The van der Waals surface area contributed by atoms with Crippen LogP contribution in [-0.4, -0.2) is 97.7 Å². The molecule has 0 saturated carbocycles. The number of Topliss-reactive ketones (excluding diaryl/α,β-unsaturated/α-hetero) is 1. The Labute approximate surface area is 317 Å². The Hall–Kier alpha value is -1.44. The molecule has 11 heteroatoms. The molecule has 5 heterocycles. The summed E-state index contributed by atoms with van der Waals surface area (Å²) < 4.78 is 33.5. The highest BCUT2D eigenvalue weighted by Gasteiger charge is 2.63. The largest absolute Gasteiger partial charge is 0.481 e. The molecule has 5 aliphatic rings. The topological polar surface area (TPSA) is 161 Å². The molecule has 4 N–H and O–H groups in total. The Morgan fingerprint density at radius 1 is 0.887 bits per heavy atom. The molecular formula is C42H70O11. The van der Waals surface area contributed by atoms with Crippen molar-refractivity contribution in [3.05, 3.63) is 12.2 Å². The Balaban J connectivity index is 1.31. The number of hydrogen-bond donors (Lipinski definition) is 4. The molecular weight excluding hydrogens is 680 g/mol. The average molecular weight is 751 g/mol. The van der Waals surface area contributed by atoms with Crippen LogP contribution < -0.4 is 0 Å². The maximum atomic E-state index is 14.4. The van der Waals surface area contributed by atoms with Crippen LogP contribution in [0.25, 0.3) is 0 Å². The van der Waals surface area contributed by atoms with Crippen molar-refractivity contribution in [1.82, 2.24) is 0 Å². The number of aliphatic hydroxyl groups is 3. The molecule has 0 aromatic rings. The van der Waals surface area contributed by atoms with Gasteiger partial charge in [-0.2, -0.15) is 0 Å². The molecule has 0 amide bonds. The minimum absolute atomic E-state index is 0.0137. The third kappa shape index (κ3) is 7.94. The van der Waals surface area contributed by atoms with Crippen LogP contribution in [0.3, 0.4) is 0 Å². The van der Waals surface area contributed by atoms with Crippen LogP contribution in [0.4, 0.5) is 0 Å². The van der Waals surface area contributed by atoms with E-state index >= 15 is 0 Å². The first-order valence-corrected chi connectivity index (χ1v) is 20.7. The summed E-state index contributed by atoms with van der Waals surface area (Å²) in [5, 5.41) is 44.0. The number of carbonyl (C=O) groups excluding carboxylic acids is 1. The van der Waals surface area contributed by atoms with Gasteiger partial charge in [0.2, 0.25) is 5.79 Å². The summed E-state index contributed by atoms with van der Waals surface area (Å²) in [7, 11) is 0. The second kappa shape index (κ2) is 16.2. The minimum atomic E-state index is -1.37. The van der Waals surface area contributed by atoms with Crippen molar-refractivity contribution in [2.75, 3.05) is 0 Å². The number of carboxylic acid groups (broad SMARTS) is 1. The van der Waals surface area contributed by atoms with E-state index in [2.05, 4.69) is 20.8 Å². The van der Waals surface area contributed by atoms with E-state index < -0.39 is 76.8 Å². The Morgan fingerprint density at radius 3 is 2.17 bits per heavy atom. The summed E-state index contributed by atoms with van der Waals surface area (Å²) >= 11 is 0. The van der Waals surface area contributed by atoms with Gasteiger partial charge in [0, 0.05) is 30.1 Å². The smallest absolute Gasteiger partial charge is 0.309 e. The van der Waals surface area contributed by atoms with E-state index in [-0.39, 0.29) is 41.8 Å². The summed E-state index contributed by atoms with van der Waals surface area (Å²) in [6, 6.07) is 0. The van der Waals surface area contributed by atoms with Gasteiger partial charge in [0.25, 0.3) is 0 Å². The van der Waals surface area contributed by atoms with Gasteiger partial charge >= 0.3 is 5.97 Å². The van der Waals surface area contributed by atoms with Gasteiger partial charge < -0.3 is 44.1 Å². The Bertz CT molecular complexity index is 1320. The zero-order valence-electron chi connectivity index (χ0n) is 34.0. The second-order valence-electron chi connectivity index (χ2n) is 17.9. The number of aliphatic hydroxyl groups excluding tert-OH is 2. The molecule has 0 radical (unpaired) electrons. The van der Waals surface area contributed by atoms with Crippen molar-refractivity contribution in [2.45, 2.75) is 199 Å². The molecule has 5 aliphatic heterocycles. The summed E-state index contributed by atoms with van der Waals surface area (Å²) in [5.74, 6) is -5.78. The molecule has 18 atom stereocenters. The van der Waals surface area contributed by atoms with Crippen LogP contribution in [-0.2, 0) is 33.3 Å². The number of carboxylic acids is 1. The number of aliphatic carboxylic acids is 1. The number of ether oxygens (including phenoxy) is 5. The fourth-order valence-electron chi connectivity index (χ4n) is 10.5. The van der Waals surface area contributed by atoms with Gasteiger partial charge in [-0.1, -0.05) is 55.4 Å². The van der Waals surface area contributed by atoms with E-state index in [0.717, 1.165) is 6.42 Å². The third-order valence-corrected chi connectivity index (χ3v) is 14.4. The zero-order valence-corrected chi connectivity index (χ0v) is 34.0. The molecule has 4 saturated heterocycles. The lowest BCUT2D eigenvalue weighted by Crippen LogP contribution is -2.63. The quantitative estimate of drug-likeness (QED) is 0.169. The number of ketones is 1. The van der Waals surface area contributed by atoms with Crippen LogP contribution in [0, 0.1) is 41.4 Å². The molecule has 0 unspecified atom stereocenters. The minimum Gasteiger partial charge on any atom is -0.481 e. The monoisotopic (exact) mass is 750 g/mol. The van der Waals surface area contributed by atoms with Crippen LogP contribution in [0.15, 0.2) is 12.2 Å². The molecule has 2 spiro atoms. The predicted molar refractivity (Wildman–Crippen MR) is 199 cm³/mol. The molecule has 0 aromatic heterocycles. The fraction of sp³-hybridized carbons (Fsp3) is 0.905. The molecule has 304 valence electrons. The van der Waals surface area contributed by atoms with Crippen LogP contribution in [0.1, 0.15) is 133 Å². The fourth-order valence-corrected chi connectivity index (χ4v) is 10.5. The number of carbonyl (C=O) groups is 2. The van der Waals surface area contributed by atoms with Crippen molar-refractivity contribution < 1.29 is 53.7 Å². The molecule has 0 aliphatic carbocycles. The molecule has 0 aromatic carbocycles. The predicted octanol–water partition coefficient (Wildman–Crippen LogP) is 6.19. The maximum Gasteiger partial charge on any atom is 0.309 e. The van der Waals surface area contributed by atoms with Crippen molar-refractivity contribution in [2.24, 2.45) is 41.4 Å². The average Bonchev–Trinajstić information content (AvgIpc) is 3.47. The van der Waals surface area contributed by atoms with Gasteiger partial charge in [0.05, 0.1) is 53.7 Å². The second-order valence-corrected chi connectivity index (χ2v) is 17.9. The molecule has 11 nitrogen and oxygen atoms in total. The van der Waals surface area contributed by atoms with Crippen molar-refractivity contribution in [3.63, 3.8) is 0 Å². The van der Waals surface area contributed by atoms with Crippen molar-refractivity contribution in [1.29, 1.82) is 0 Å². The van der Waals surface area contributed by atoms with Gasteiger partial charge in [0.15, 0.2) is 5.79 Å². The van der Waals surface area contributed by atoms with Crippen LogP contribution in [0.5, 0.6) is 0 Å². The lowest BCUT2D eigenvalue weighted by molar-refractivity contribution is -0.409. The summed E-state index contributed by atoms with van der Waals surface area (Å²) in [4.78, 5) is 26.4. The van der Waals surface area contributed by atoms with E-state index in [1.807, 2.05) is 41.5 Å². The zero-order chi connectivity index (χ0) is 39.3. The van der Waals surface area contributed by atoms with Crippen molar-refractivity contribution >= 4 is 11.8 Å². The number of hydrogen-bond acceptors (Lipinski definition) is 10. The van der Waals surface area contributed by atoms with E-state index in [9.17, 15) is 30.0 Å². The Morgan fingerprint density at radius 2 is 1.57 bits per heavy atom. The van der Waals surface area contributed by atoms with Gasteiger partial charge in [-0.05, 0) is 95.6 Å². The van der Waals surface area contributed by atoms with Crippen LogP contribution >= 0.6 is 0 Å². The summed E-state index contributed by atoms with van der Waals surface area (Å²) in [6.45, 7) is 19.6. The molecule has 53 heavy (non-hydrogen) atoms. The highest BCUT2D eigenvalue weighted by atomic mass is 16.8. The lowest BCUT2D eigenvalue weighted by Gasteiger charge is -2.54. The van der Waals surface area contributed by atoms with E-state index in [0.29, 0.717) is 57.8 Å². The van der Waals surface area contributed by atoms with Gasteiger partial charge in [-0.15, -0.1) is 0 Å². The van der Waals surface area contributed by atoms with Crippen LogP contribution in [0.2, 0.25) is 0 Å². The lowest BCUT2D eigenvalue weighted by atomic mass is 9.72. The van der Waals surface area contributed by atoms with Crippen molar-refractivity contribution in [3.8, 4) is 0 Å². The molecule has 0 bridgehead atoms. The standard InChI is InChI=1S/C42H70O11/c1-11-29(38(46)47)31-15-14-23(4)36(50-31)27(8)34(44)26(7)35(45)30(12-2)37-24(5)22-25(6)41(51-37)19-16-32(43)42(53-41)21-20-39(10,52-42)33-17-18-40(48,13-3)28(9)49-33/h16,19,23-34,36-37,43-44,48H,11-15,17-18,20-22H2,1-10H3,(H,46,47)/t23-,24+,25-,26+,27+,28+,29+,30+,31+,32-,33+,34-,36-,37+,39+,40-,41+,42+/m1/s1. The maximum absolute atomic E-state index is 14.4. The SMILES string of the molecule is CC[C@H](C(=O)O)[C@@H]1CC[C@@H](C)[C@H]([C@@H](C)[C@H](O)[C@H](C)C(=O)[C@H](CC)[C@H]2O[C@]3(C=C[C@@H](O)[C@]4(CC[C@@](C)([C@@H]5CC[C@](O)(CC)[C@H](C)O5)O4)O3)[C@H](C)C[C@@H]2C)O1. The van der Waals surface area contributed by atoms with Gasteiger partial charge in [0.1, 0.15) is 11.9 Å². The first-order chi connectivity index (χ1) is 24.8. The number of rotatable bonds is 12. The molecule has 4 fully saturated rings. The first-order valence-electron chi connectivity index (χ1n) is 20.7.